The Balaban J connectivity index is 1.61. The van der Waals surface area contributed by atoms with Crippen molar-refractivity contribution in [1.29, 1.82) is 0 Å². The molecule has 1 heterocycles. The van der Waals surface area contributed by atoms with E-state index >= 15 is 0 Å². The maximum atomic E-state index is 13.4. The predicted octanol–water partition coefficient (Wildman–Crippen LogP) is 2.77. The van der Waals surface area contributed by atoms with E-state index in [-0.39, 0.29) is 12.5 Å². The second-order valence-corrected chi connectivity index (χ2v) is 7.29. The summed E-state index contributed by atoms with van der Waals surface area (Å²) in [6, 6.07) is 11.9. The van der Waals surface area contributed by atoms with Crippen LogP contribution in [-0.2, 0) is 28.0 Å². The average Bonchev–Trinajstić information content (AvgIpc) is 2.98. The Hall–Kier alpha value is -3.35. The van der Waals surface area contributed by atoms with Crippen LogP contribution in [0.1, 0.15) is 39.9 Å². The van der Waals surface area contributed by atoms with Gasteiger partial charge in [0.05, 0.1) is 26.3 Å². The maximum Gasteiger partial charge on any atom is 0.337 e. The summed E-state index contributed by atoms with van der Waals surface area (Å²) in [7, 11) is 2.93. The molecule has 29 heavy (non-hydrogen) atoms. The van der Waals surface area contributed by atoms with Gasteiger partial charge in [-0.1, -0.05) is 18.2 Å². The molecule has 0 bridgehead atoms. The van der Waals surface area contributed by atoms with Gasteiger partial charge in [0.15, 0.2) is 0 Å². The van der Waals surface area contributed by atoms with Crippen molar-refractivity contribution in [2.45, 2.75) is 31.3 Å². The lowest BCUT2D eigenvalue weighted by molar-refractivity contribution is -0.132. The molecule has 1 fully saturated rings. The summed E-state index contributed by atoms with van der Waals surface area (Å²) >= 11 is 0. The van der Waals surface area contributed by atoms with E-state index in [9.17, 15) is 14.4 Å². The number of hydrogen-bond donors (Lipinski definition) is 1. The number of methoxy groups -OCH3 is 2. The Kier molecular flexibility index (Phi) is 4.74. The summed E-state index contributed by atoms with van der Waals surface area (Å²) in [5, 5.41) is 2.94. The standard InChI is InChI=1S/C22H22N2O5/c1-28-17-9-10-18-16(12-17)4-3-11-22(18)20(26)24(21(27)23-22)13-14-5-7-15(8-6-14)19(25)29-2/h5-10,12H,3-4,11,13H2,1-2H3,(H,23,27)/t22-/m0/s1. The van der Waals surface area contributed by atoms with Crippen molar-refractivity contribution in [3.63, 3.8) is 0 Å². The smallest absolute Gasteiger partial charge is 0.337 e. The molecule has 1 spiro atoms. The Morgan fingerprint density at radius 2 is 1.90 bits per heavy atom. The summed E-state index contributed by atoms with van der Waals surface area (Å²) in [5.41, 5.74) is 2.01. The van der Waals surface area contributed by atoms with Gasteiger partial charge in [0.1, 0.15) is 11.3 Å². The van der Waals surface area contributed by atoms with E-state index in [1.807, 2.05) is 18.2 Å². The quantitative estimate of drug-likeness (QED) is 0.637. The number of carbonyl (C=O) groups is 3. The molecule has 7 heteroatoms. The van der Waals surface area contributed by atoms with Gasteiger partial charge in [0.25, 0.3) is 5.91 Å². The highest BCUT2D eigenvalue weighted by molar-refractivity contribution is 6.07. The summed E-state index contributed by atoms with van der Waals surface area (Å²) in [5.74, 6) is 0.0607. The molecular weight excluding hydrogens is 372 g/mol. The highest BCUT2D eigenvalue weighted by atomic mass is 16.5. The SMILES string of the molecule is COC(=O)c1ccc(CN2C(=O)N[C@]3(CCCc4cc(OC)ccc43)C2=O)cc1. The third-order valence-electron chi connectivity index (χ3n) is 5.66. The van der Waals surface area contributed by atoms with E-state index in [2.05, 4.69) is 5.32 Å². The summed E-state index contributed by atoms with van der Waals surface area (Å²) in [6.45, 7) is 0.138. The number of urea groups is 1. The van der Waals surface area contributed by atoms with E-state index < -0.39 is 17.5 Å². The fourth-order valence-electron chi connectivity index (χ4n) is 4.17. The molecule has 0 aromatic heterocycles. The van der Waals surface area contributed by atoms with Crippen LogP contribution in [0.4, 0.5) is 4.79 Å². The van der Waals surface area contributed by atoms with Crippen LogP contribution in [0.15, 0.2) is 42.5 Å². The third-order valence-corrected chi connectivity index (χ3v) is 5.66. The molecule has 2 aromatic rings. The van der Waals surface area contributed by atoms with E-state index in [0.717, 1.165) is 35.3 Å². The van der Waals surface area contributed by atoms with Crippen LogP contribution < -0.4 is 10.1 Å². The summed E-state index contributed by atoms with van der Waals surface area (Å²) < 4.78 is 9.99. The molecule has 1 aliphatic carbocycles. The highest BCUT2D eigenvalue weighted by Gasteiger charge is 2.53. The number of aryl methyl sites for hydroxylation is 1. The van der Waals surface area contributed by atoms with Gasteiger partial charge in [-0.05, 0) is 60.2 Å². The predicted molar refractivity (Wildman–Crippen MR) is 104 cm³/mol. The fraction of sp³-hybridized carbons (Fsp3) is 0.318. The number of benzene rings is 2. The zero-order valence-electron chi connectivity index (χ0n) is 16.4. The number of nitrogens with zero attached hydrogens (tertiary/aromatic N) is 1. The van der Waals surface area contributed by atoms with Gasteiger partial charge >= 0.3 is 12.0 Å². The number of ether oxygens (including phenoxy) is 2. The second kappa shape index (κ2) is 7.24. The molecule has 3 amide bonds. The molecular formula is C22H22N2O5. The first-order valence-electron chi connectivity index (χ1n) is 9.47. The van der Waals surface area contributed by atoms with Crippen molar-refractivity contribution in [3.8, 4) is 5.75 Å². The lowest BCUT2D eigenvalue weighted by Crippen LogP contribution is -2.46. The first kappa shape index (κ1) is 19.0. The molecule has 150 valence electrons. The van der Waals surface area contributed by atoms with Crippen molar-refractivity contribution in [1.82, 2.24) is 10.2 Å². The molecule has 7 nitrogen and oxygen atoms in total. The first-order chi connectivity index (χ1) is 14.0. The van der Waals surface area contributed by atoms with Crippen molar-refractivity contribution >= 4 is 17.9 Å². The molecule has 1 aliphatic heterocycles. The number of amides is 3. The molecule has 1 atom stereocenters. The average molecular weight is 394 g/mol. The van der Waals surface area contributed by atoms with Crippen molar-refractivity contribution in [2.24, 2.45) is 0 Å². The van der Waals surface area contributed by atoms with E-state index in [1.54, 1.807) is 31.4 Å². The van der Waals surface area contributed by atoms with E-state index in [4.69, 9.17) is 9.47 Å². The number of fused-ring (bicyclic) bond motifs is 2. The van der Waals surface area contributed by atoms with Crippen LogP contribution in [0.25, 0.3) is 0 Å². The van der Waals surface area contributed by atoms with E-state index in [0.29, 0.717) is 12.0 Å². The molecule has 1 N–H and O–H groups in total. The second-order valence-electron chi connectivity index (χ2n) is 7.29. The molecule has 2 aromatic carbocycles. The maximum absolute atomic E-state index is 13.4. The van der Waals surface area contributed by atoms with Crippen molar-refractivity contribution < 1.29 is 23.9 Å². The van der Waals surface area contributed by atoms with Crippen LogP contribution in [0.3, 0.4) is 0 Å². The molecule has 0 saturated carbocycles. The highest BCUT2D eigenvalue weighted by Crippen LogP contribution is 2.41. The number of esters is 1. The number of rotatable bonds is 4. The number of hydrogen-bond acceptors (Lipinski definition) is 5. The van der Waals surface area contributed by atoms with Crippen molar-refractivity contribution in [2.75, 3.05) is 14.2 Å². The molecule has 2 aliphatic rings. The van der Waals surface area contributed by atoms with Gasteiger partial charge in [-0.25, -0.2) is 9.59 Å². The van der Waals surface area contributed by atoms with Gasteiger partial charge in [-0.15, -0.1) is 0 Å². The largest absolute Gasteiger partial charge is 0.497 e. The van der Waals surface area contributed by atoms with Crippen LogP contribution >= 0.6 is 0 Å². The Morgan fingerprint density at radius 3 is 2.59 bits per heavy atom. The van der Waals surface area contributed by atoms with Gasteiger partial charge in [-0.2, -0.15) is 0 Å². The van der Waals surface area contributed by atoms with Gasteiger partial charge in [0, 0.05) is 0 Å². The van der Waals surface area contributed by atoms with Crippen molar-refractivity contribution in [3.05, 3.63) is 64.7 Å². The lowest BCUT2D eigenvalue weighted by atomic mass is 9.76. The Morgan fingerprint density at radius 1 is 1.14 bits per heavy atom. The zero-order valence-corrected chi connectivity index (χ0v) is 16.4. The van der Waals surface area contributed by atoms with Crippen LogP contribution in [0, 0.1) is 0 Å². The van der Waals surface area contributed by atoms with Gasteiger partial charge < -0.3 is 14.8 Å². The zero-order chi connectivity index (χ0) is 20.6. The summed E-state index contributed by atoms with van der Waals surface area (Å²) in [6.07, 6.45) is 2.20. The van der Waals surface area contributed by atoms with Crippen LogP contribution in [-0.4, -0.2) is 37.0 Å². The molecule has 4 rings (SSSR count). The molecule has 0 radical (unpaired) electrons. The van der Waals surface area contributed by atoms with Gasteiger partial charge in [-0.3, -0.25) is 9.69 Å². The Labute approximate surface area is 168 Å². The number of imide groups is 1. The number of nitrogens with one attached hydrogen (secondary N) is 1. The normalized spacial score (nSPS) is 20.4. The number of carbonyl (C=O) groups excluding carboxylic acids is 3. The first-order valence-corrected chi connectivity index (χ1v) is 9.47. The fourth-order valence-corrected chi connectivity index (χ4v) is 4.17. The lowest BCUT2D eigenvalue weighted by Gasteiger charge is -2.33. The van der Waals surface area contributed by atoms with E-state index in [1.165, 1.54) is 12.0 Å². The van der Waals surface area contributed by atoms with Crippen LogP contribution in [0.2, 0.25) is 0 Å². The minimum absolute atomic E-state index is 0.138. The van der Waals surface area contributed by atoms with Crippen LogP contribution in [0.5, 0.6) is 5.75 Å². The molecule has 0 unspecified atom stereocenters. The monoisotopic (exact) mass is 394 g/mol. The van der Waals surface area contributed by atoms with Gasteiger partial charge in [0.2, 0.25) is 0 Å². The summed E-state index contributed by atoms with van der Waals surface area (Å²) in [4.78, 5) is 38.9. The minimum Gasteiger partial charge on any atom is -0.497 e. The third kappa shape index (κ3) is 3.12. The topological polar surface area (TPSA) is 84.9 Å². The minimum atomic E-state index is -1.02. The Bertz CT molecular complexity index is 985. The molecule has 1 saturated heterocycles.